The first-order valence-corrected chi connectivity index (χ1v) is 9.71. The van der Waals surface area contributed by atoms with Crippen LogP contribution in [0.15, 0.2) is 67.0 Å². The van der Waals surface area contributed by atoms with Crippen LogP contribution in [0.4, 0.5) is 9.52 Å². The molecule has 0 fully saturated rings. The lowest BCUT2D eigenvalue weighted by Crippen LogP contribution is -2.30. The number of amides is 1. The van der Waals surface area contributed by atoms with Gasteiger partial charge in [-0.25, -0.2) is 9.37 Å². The highest BCUT2D eigenvalue weighted by atomic mass is 32.1. The van der Waals surface area contributed by atoms with E-state index in [-0.39, 0.29) is 23.8 Å². The molecule has 0 unspecified atom stereocenters. The number of carbonyl (C=O) groups excluding carboxylic acids is 2. The van der Waals surface area contributed by atoms with Gasteiger partial charge < -0.3 is 0 Å². The number of halogens is 1. The molecule has 0 saturated carbocycles. The van der Waals surface area contributed by atoms with Crippen molar-refractivity contribution in [2.75, 3.05) is 4.90 Å². The summed E-state index contributed by atoms with van der Waals surface area (Å²) in [5.41, 5.74) is 2.00. The average molecular weight is 405 g/mol. The maximum absolute atomic E-state index is 14.1. The third-order valence-corrected chi connectivity index (χ3v) is 5.48. The molecule has 144 valence electrons. The van der Waals surface area contributed by atoms with Crippen molar-refractivity contribution in [2.24, 2.45) is 0 Å². The van der Waals surface area contributed by atoms with Crippen LogP contribution in [-0.2, 0) is 6.54 Å². The summed E-state index contributed by atoms with van der Waals surface area (Å²) in [5.74, 6) is -0.786. The zero-order chi connectivity index (χ0) is 20.4. The van der Waals surface area contributed by atoms with Crippen LogP contribution in [0.2, 0.25) is 0 Å². The van der Waals surface area contributed by atoms with Gasteiger partial charge in [0.25, 0.3) is 5.91 Å². The molecule has 0 saturated heterocycles. The minimum absolute atomic E-state index is 0.0714. The van der Waals surface area contributed by atoms with Crippen LogP contribution in [0.3, 0.4) is 0 Å². The van der Waals surface area contributed by atoms with Crippen molar-refractivity contribution in [3.63, 3.8) is 0 Å². The van der Waals surface area contributed by atoms with Crippen LogP contribution in [-0.4, -0.2) is 21.7 Å². The Morgan fingerprint density at radius 2 is 1.79 bits per heavy atom. The van der Waals surface area contributed by atoms with Gasteiger partial charge in [0.1, 0.15) is 11.3 Å². The summed E-state index contributed by atoms with van der Waals surface area (Å²) < 4.78 is 14.8. The van der Waals surface area contributed by atoms with Crippen LogP contribution in [0.5, 0.6) is 0 Å². The Kier molecular flexibility index (Phi) is 5.14. The Bertz CT molecular complexity index is 1190. The third kappa shape index (κ3) is 3.90. The number of pyridine rings is 1. The second-order valence-corrected chi connectivity index (χ2v) is 7.48. The quantitative estimate of drug-likeness (QED) is 0.444. The number of fused-ring (bicyclic) bond motifs is 1. The van der Waals surface area contributed by atoms with Crippen molar-refractivity contribution in [3.05, 3.63) is 89.5 Å². The molecule has 2 aromatic heterocycles. The predicted molar refractivity (Wildman–Crippen MR) is 111 cm³/mol. The molecule has 4 aromatic rings. The molecule has 0 aliphatic heterocycles. The van der Waals surface area contributed by atoms with Crippen LogP contribution in [0.1, 0.15) is 33.2 Å². The lowest BCUT2D eigenvalue weighted by molar-refractivity contribution is 0.0981. The molecule has 1 amide bonds. The van der Waals surface area contributed by atoms with E-state index in [9.17, 15) is 14.0 Å². The van der Waals surface area contributed by atoms with E-state index in [1.54, 1.807) is 54.9 Å². The molecular weight excluding hydrogens is 389 g/mol. The molecule has 4 rings (SSSR count). The SMILES string of the molecule is CC(=O)c1ccc(C(=O)N(Cc2cccnc2)c2nc3c(F)cccc3s2)cc1. The Morgan fingerprint density at radius 1 is 1.03 bits per heavy atom. The van der Waals surface area contributed by atoms with Gasteiger partial charge in [-0.15, -0.1) is 0 Å². The second kappa shape index (κ2) is 7.89. The number of Topliss-reactive ketones (excluding diaryl/α,β-unsaturated/α-hetero) is 1. The van der Waals surface area contributed by atoms with Gasteiger partial charge in [0, 0.05) is 23.5 Å². The number of aromatic nitrogens is 2. The number of hydrogen-bond donors (Lipinski definition) is 0. The average Bonchev–Trinajstić information content (AvgIpc) is 3.18. The fraction of sp³-hybridized carbons (Fsp3) is 0.0909. The van der Waals surface area contributed by atoms with E-state index in [4.69, 9.17) is 0 Å². The van der Waals surface area contributed by atoms with Crippen LogP contribution in [0, 0.1) is 5.82 Å². The summed E-state index contributed by atoms with van der Waals surface area (Å²) in [6.45, 7) is 1.71. The first-order valence-electron chi connectivity index (χ1n) is 8.90. The van der Waals surface area contributed by atoms with Gasteiger partial charge in [0.15, 0.2) is 10.9 Å². The molecule has 0 spiro atoms. The number of thiazole rings is 1. The Morgan fingerprint density at radius 3 is 2.45 bits per heavy atom. The van der Waals surface area contributed by atoms with Crippen molar-refractivity contribution in [1.29, 1.82) is 0 Å². The summed E-state index contributed by atoms with van der Waals surface area (Å²) in [6.07, 6.45) is 3.33. The molecule has 0 bridgehead atoms. The Balaban J connectivity index is 1.75. The van der Waals surface area contributed by atoms with Gasteiger partial charge in [0.05, 0.1) is 11.2 Å². The number of hydrogen-bond acceptors (Lipinski definition) is 5. The number of ketones is 1. The van der Waals surface area contributed by atoms with Crippen molar-refractivity contribution >= 4 is 38.4 Å². The van der Waals surface area contributed by atoms with Gasteiger partial charge in [-0.1, -0.05) is 35.6 Å². The standard InChI is InChI=1S/C22H16FN3O2S/c1-14(27)16-7-9-17(10-8-16)21(28)26(13-15-4-3-11-24-12-15)22-25-20-18(23)5-2-6-19(20)29-22/h2-12H,13H2,1H3. The number of anilines is 1. The van der Waals surface area contributed by atoms with Crippen molar-refractivity contribution in [2.45, 2.75) is 13.5 Å². The lowest BCUT2D eigenvalue weighted by atomic mass is 10.1. The van der Waals surface area contributed by atoms with Crippen molar-refractivity contribution in [1.82, 2.24) is 9.97 Å². The highest BCUT2D eigenvalue weighted by molar-refractivity contribution is 7.22. The molecule has 29 heavy (non-hydrogen) atoms. The topological polar surface area (TPSA) is 63.2 Å². The third-order valence-electron chi connectivity index (χ3n) is 4.44. The van der Waals surface area contributed by atoms with E-state index in [1.165, 1.54) is 29.2 Å². The van der Waals surface area contributed by atoms with Gasteiger partial charge in [-0.2, -0.15) is 0 Å². The van der Waals surface area contributed by atoms with Gasteiger partial charge >= 0.3 is 0 Å². The predicted octanol–water partition coefficient (Wildman–Crippen LogP) is 4.88. The zero-order valence-corrected chi connectivity index (χ0v) is 16.3. The van der Waals surface area contributed by atoms with Crippen LogP contribution in [0.25, 0.3) is 10.2 Å². The summed E-state index contributed by atoms with van der Waals surface area (Å²) in [4.78, 5) is 34.8. The maximum atomic E-state index is 14.1. The lowest BCUT2D eigenvalue weighted by Gasteiger charge is -2.20. The molecule has 7 heteroatoms. The van der Waals surface area contributed by atoms with E-state index in [1.807, 2.05) is 6.07 Å². The second-order valence-electron chi connectivity index (χ2n) is 6.47. The van der Waals surface area contributed by atoms with E-state index in [0.717, 1.165) is 5.56 Å². The van der Waals surface area contributed by atoms with E-state index in [0.29, 0.717) is 21.0 Å². The van der Waals surface area contributed by atoms with E-state index < -0.39 is 5.82 Å². The fourth-order valence-corrected chi connectivity index (χ4v) is 3.90. The Labute approximate surface area is 170 Å². The molecular formula is C22H16FN3O2S. The van der Waals surface area contributed by atoms with Crippen molar-refractivity contribution in [3.8, 4) is 0 Å². The first kappa shape index (κ1) is 18.9. The number of carbonyl (C=O) groups is 2. The number of para-hydroxylation sites is 1. The smallest absolute Gasteiger partial charge is 0.260 e. The fourth-order valence-electron chi connectivity index (χ4n) is 2.92. The van der Waals surface area contributed by atoms with Gasteiger partial charge in [0.2, 0.25) is 0 Å². The number of benzene rings is 2. The molecule has 0 N–H and O–H groups in total. The summed E-state index contributed by atoms with van der Waals surface area (Å²) in [6, 6.07) is 14.9. The molecule has 0 radical (unpaired) electrons. The zero-order valence-electron chi connectivity index (χ0n) is 15.5. The molecule has 0 aliphatic rings. The first-order chi connectivity index (χ1) is 14.0. The summed E-state index contributed by atoms with van der Waals surface area (Å²) in [7, 11) is 0. The number of rotatable bonds is 5. The highest BCUT2D eigenvalue weighted by Crippen LogP contribution is 2.32. The minimum Gasteiger partial charge on any atom is -0.295 e. The maximum Gasteiger partial charge on any atom is 0.260 e. The monoisotopic (exact) mass is 405 g/mol. The van der Waals surface area contributed by atoms with Crippen LogP contribution >= 0.6 is 11.3 Å². The van der Waals surface area contributed by atoms with E-state index >= 15 is 0 Å². The summed E-state index contributed by atoms with van der Waals surface area (Å²) in [5, 5.41) is 0.398. The summed E-state index contributed by atoms with van der Waals surface area (Å²) >= 11 is 1.25. The largest absolute Gasteiger partial charge is 0.295 e. The molecule has 2 aromatic carbocycles. The molecule has 2 heterocycles. The minimum atomic E-state index is -0.426. The van der Waals surface area contributed by atoms with Crippen LogP contribution < -0.4 is 4.90 Å². The van der Waals surface area contributed by atoms with Gasteiger partial charge in [-0.05, 0) is 42.8 Å². The normalized spacial score (nSPS) is 10.8. The van der Waals surface area contributed by atoms with Crippen molar-refractivity contribution < 1.29 is 14.0 Å². The van der Waals surface area contributed by atoms with Gasteiger partial charge in [-0.3, -0.25) is 19.5 Å². The number of nitrogens with zero attached hydrogens (tertiary/aromatic N) is 3. The van der Waals surface area contributed by atoms with E-state index in [2.05, 4.69) is 9.97 Å². The highest BCUT2D eigenvalue weighted by Gasteiger charge is 2.23. The molecule has 0 aliphatic carbocycles. The molecule has 0 atom stereocenters. The molecule has 5 nitrogen and oxygen atoms in total. The Hall–Kier alpha value is -3.45.